The number of esters is 2. The van der Waals surface area contributed by atoms with Gasteiger partial charge in [0.15, 0.2) is 5.60 Å². The molecule has 0 spiro atoms. The van der Waals surface area contributed by atoms with Gasteiger partial charge in [-0.15, -0.1) is 10.1 Å². The quantitative estimate of drug-likeness (QED) is 0.337. The van der Waals surface area contributed by atoms with Crippen molar-refractivity contribution in [3.63, 3.8) is 0 Å². The van der Waals surface area contributed by atoms with E-state index in [9.17, 15) is 29.8 Å². The highest BCUT2D eigenvalue weighted by molar-refractivity contribution is 5.66. The lowest BCUT2D eigenvalue weighted by Crippen LogP contribution is -2.61. The van der Waals surface area contributed by atoms with E-state index in [0.717, 1.165) is 6.42 Å². The SMILES string of the molecule is CC(=O)O[C@H]1CC[C@]2(C)[C@H]3CC[C@]4(C)[C@@H](OC(C)=O)CC[C@H]4[C@@H]3[C@H]([N+](=O)[O-])[C@@]2(O[N+](=O)[O-])C1. The van der Waals surface area contributed by atoms with Gasteiger partial charge in [-0.2, -0.15) is 0 Å². The van der Waals surface area contributed by atoms with Crippen molar-refractivity contribution in [2.45, 2.75) is 96.5 Å². The minimum Gasteiger partial charge on any atom is -0.462 e. The second-order valence-electron chi connectivity index (χ2n) is 10.8. The Balaban J connectivity index is 1.80. The van der Waals surface area contributed by atoms with Gasteiger partial charge in [-0.25, -0.2) is 0 Å². The molecular weight excluding hydrogens is 436 g/mol. The molecule has 11 heteroatoms. The van der Waals surface area contributed by atoms with E-state index >= 15 is 0 Å². The summed E-state index contributed by atoms with van der Waals surface area (Å²) in [6, 6.07) is -1.32. The van der Waals surface area contributed by atoms with Crippen molar-refractivity contribution in [2.75, 3.05) is 0 Å². The molecule has 9 atom stereocenters. The zero-order valence-corrected chi connectivity index (χ0v) is 19.5. The molecule has 33 heavy (non-hydrogen) atoms. The Bertz CT molecular complexity index is 880. The van der Waals surface area contributed by atoms with Gasteiger partial charge in [0, 0.05) is 41.9 Å². The Morgan fingerprint density at radius 3 is 2.15 bits per heavy atom. The average molecular weight is 469 g/mol. The maximum Gasteiger partial charge on any atom is 0.302 e. The number of nitrogens with zero attached hydrogens (tertiary/aromatic N) is 2. The minimum atomic E-state index is -1.70. The van der Waals surface area contributed by atoms with Crippen LogP contribution in [0.2, 0.25) is 0 Å². The number of nitro groups is 1. The van der Waals surface area contributed by atoms with Gasteiger partial charge in [0.05, 0.1) is 0 Å². The van der Waals surface area contributed by atoms with Crippen molar-refractivity contribution in [3.8, 4) is 0 Å². The molecule has 4 fully saturated rings. The Morgan fingerprint density at radius 1 is 0.909 bits per heavy atom. The molecule has 0 aromatic rings. The first-order chi connectivity index (χ1) is 15.4. The summed E-state index contributed by atoms with van der Waals surface area (Å²) in [5, 5.41) is 23.4. The van der Waals surface area contributed by atoms with Crippen molar-refractivity contribution in [1.82, 2.24) is 0 Å². The molecule has 4 aliphatic carbocycles. The van der Waals surface area contributed by atoms with E-state index in [1.165, 1.54) is 13.8 Å². The highest BCUT2D eigenvalue weighted by atomic mass is 17.0. The number of rotatable bonds is 5. The summed E-state index contributed by atoms with van der Waals surface area (Å²) in [4.78, 5) is 52.6. The molecule has 0 amide bonds. The topological polar surface area (TPSA) is 148 Å². The highest BCUT2D eigenvalue weighted by Gasteiger charge is 2.79. The predicted molar refractivity (Wildman–Crippen MR) is 112 cm³/mol. The monoisotopic (exact) mass is 468 g/mol. The average Bonchev–Trinajstić information content (AvgIpc) is 3.10. The van der Waals surface area contributed by atoms with Crippen LogP contribution in [0.25, 0.3) is 0 Å². The number of carbonyl (C=O) groups excluding carboxylic acids is 2. The van der Waals surface area contributed by atoms with E-state index in [4.69, 9.17) is 14.3 Å². The molecule has 0 aliphatic heterocycles. The summed E-state index contributed by atoms with van der Waals surface area (Å²) in [5.41, 5.74) is -2.95. The van der Waals surface area contributed by atoms with Crippen LogP contribution in [0, 0.1) is 48.8 Å². The van der Waals surface area contributed by atoms with Crippen molar-refractivity contribution in [3.05, 3.63) is 20.2 Å². The number of ether oxygens (including phenoxy) is 2. The third-order valence-electron chi connectivity index (χ3n) is 9.50. The van der Waals surface area contributed by atoms with Crippen LogP contribution in [-0.2, 0) is 23.9 Å². The fraction of sp³-hybridized carbons (Fsp3) is 0.909. The van der Waals surface area contributed by atoms with Crippen LogP contribution in [0.1, 0.15) is 72.6 Å². The largest absolute Gasteiger partial charge is 0.462 e. The fourth-order valence-electron chi connectivity index (χ4n) is 8.31. The van der Waals surface area contributed by atoms with E-state index in [2.05, 4.69) is 0 Å². The van der Waals surface area contributed by atoms with Crippen molar-refractivity contribution in [2.24, 2.45) is 28.6 Å². The van der Waals surface area contributed by atoms with Gasteiger partial charge in [0.2, 0.25) is 6.04 Å². The number of carbonyl (C=O) groups is 2. The molecule has 0 aromatic heterocycles. The van der Waals surface area contributed by atoms with E-state index in [-0.39, 0.29) is 30.3 Å². The minimum absolute atomic E-state index is 0.0838. The molecule has 0 heterocycles. The molecule has 4 rings (SSSR count). The fourth-order valence-corrected chi connectivity index (χ4v) is 8.31. The Kier molecular flexibility index (Phi) is 5.60. The molecule has 0 aromatic carbocycles. The molecule has 0 bridgehead atoms. The summed E-state index contributed by atoms with van der Waals surface area (Å²) in [6.07, 6.45) is 2.44. The van der Waals surface area contributed by atoms with Gasteiger partial charge < -0.3 is 9.47 Å². The first kappa shape index (κ1) is 23.7. The maximum absolute atomic E-state index is 12.6. The first-order valence-electron chi connectivity index (χ1n) is 11.7. The second-order valence-corrected chi connectivity index (χ2v) is 10.8. The normalized spacial score (nSPS) is 45.8. The molecule has 0 unspecified atom stereocenters. The Hall–Kier alpha value is -2.46. The first-order valence-corrected chi connectivity index (χ1v) is 11.7. The number of hydrogen-bond donors (Lipinski definition) is 0. The summed E-state index contributed by atoms with van der Waals surface area (Å²) >= 11 is 0. The molecule has 0 radical (unpaired) electrons. The van der Waals surface area contributed by atoms with E-state index in [0.29, 0.717) is 32.1 Å². The zero-order valence-electron chi connectivity index (χ0n) is 19.5. The molecule has 4 aliphatic rings. The van der Waals surface area contributed by atoms with E-state index in [1.807, 2.05) is 13.8 Å². The van der Waals surface area contributed by atoms with Gasteiger partial charge in [0.1, 0.15) is 12.2 Å². The molecular formula is C22H32N2O9. The Morgan fingerprint density at radius 2 is 1.58 bits per heavy atom. The van der Waals surface area contributed by atoms with Crippen LogP contribution in [0.5, 0.6) is 0 Å². The lowest BCUT2D eigenvalue weighted by molar-refractivity contribution is -0.798. The summed E-state index contributed by atoms with van der Waals surface area (Å²) in [7, 11) is 0. The van der Waals surface area contributed by atoms with Crippen LogP contribution in [0.3, 0.4) is 0 Å². The van der Waals surface area contributed by atoms with E-state index < -0.39 is 50.5 Å². The summed E-state index contributed by atoms with van der Waals surface area (Å²) in [6.45, 7) is 6.52. The van der Waals surface area contributed by atoms with Crippen LogP contribution in [0.4, 0.5) is 0 Å². The lowest BCUT2D eigenvalue weighted by Gasteiger charge is -2.51. The second kappa shape index (κ2) is 7.80. The van der Waals surface area contributed by atoms with Crippen molar-refractivity contribution in [1.29, 1.82) is 0 Å². The third-order valence-corrected chi connectivity index (χ3v) is 9.50. The summed E-state index contributed by atoms with van der Waals surface area (Å²) < 4.78 is 11.0. The van der Waals surface area contributed by atoms with Gasteiger partial charge in [-0.05, 0) is 50.4 Å². The molecule has 0 saturated heterocycles. The Labute approximate surface area is 191 Å². The van der Waals surface area contributed by atoms with Crippen LogP contribution in [-0.4, -0.2) is 45.8 Å². The third kappa shape index (κ3) is 3.37. The predicted octanol–water partition coefficient (Wildman–Crippen LogP) is 3.09. The van der Waals surface area contributed by atoms with Crippen LogP contribution >= 0.6 is 0 Å². The number of hydrogen-bond acceptors (Lipinski definition) is 9. The van der Waals surface area contributed by atoms with Gasteiger partial charge in [-0.3, -0.25) is 24.5 Å². The highest BCUT2D eigenvalue weighted by Crippen LogP contribution is 2.71. The van der Waals surface area contributed by atoms with Gasteiger partial charge in [0.25, 0.3) is 5.09 Å². The van der Waals surface area contributed by atoms with Crippen molar-refractivity contribution >= 4 is 11.9 Å². The van der Waals surface area contributed by atoms with Gasteiger partial charge in [-0.1, -0.05) is 13.8 Å². The zero-order chi connectivity index (χ0) is 24.3. The molecule has 11 nitrogen and oxygen atoms in total. The maximum atomic E-state index is 12.6. The molecule has 0 N–H and O–H groups in total. The van der Waals surface area contributed by atoms with Crippen molar-refractivity contribution < 1.29 is 33.9 Å². The smallest absolute Gasteiger partial charge is 0.302 e. The summed E-state index contributed by atoms with van der Waals surface area (Å²) in [5.74, 6) is -1.64. The molecule has 184 valence electrons. The van der Waals surface area contributed by atoms with Crippen LogP contribution < -0.4 is 0 Å². The van der Waals surface area contributed by atoms with E-state index in [1.54, 1.807) is 0 Å². The molecule has 4 saturated carbocycles. The van der Waals surface area contributed by atoms with Gasteiger partial charge >= 0.3 is 11.9 Å². The number of fused-ring (bicyclic) bond motifs is 5. The standard InChI is InChI=1S/C22H32N2O9/c1-12(25)31-14-7-10-21(4)16-8-9-20(3)15(5-6-17(20)32-13(2)26)18(16)19(23(27)28)22(21,11-14)33-24(29)30/h14-19H,5-11H2,1-4H3/t14-,15-,16-,17-,18-,19-,20-,21+,22-/m0/s1. The lowest BCUT2D eigenvalue weighted by atomic mass is 9.55. The van der Waals surface area contributed by atoms with Crippen LogP contribution in [0.15, 0.2) is 0 Å².